The number of nitrogens with one attached hydrogen (secondary N) is 1. The Hall–Kier alpha value is -2.08. The van der Waals surface area contributed by atoms with Crippen molar-refractivity contribution in [3.63, 3.8) is 0 Å². The Kier molecular flexibility index (Phi) is 4.52. The molecule has 122 valence electrons. The number of aryl methyl sites for hydroxylation is 1. The minimum atomic E-state index is -4.35. The van der Waals surface area contributed by atoms with Crippen molar-refractivity contribution in [1.29, 1.82) is 0 Å². The number of aromatic nitrogens is 1. The molecule has 3 rings (SSSR count). The average Bonchev–Trinajstić information content (AvgIpc) is 2.94. The fraction of sp³-hybridized carbons (Fsp3) is 0.353. The number of hydrogen-bond donors (Lipinski definition) is 1. The van der Waals surface area contributed by atoms with Crippen LogP contribution < -0.4 is 10.1 Å². The van der Waals surface area contributed by atoms with Crippen LogP contribution in [-0.4, -0.2) is 17.8 Å². The molecule has 1 unspecified atom stereocenters. The SMILES string of the molecule is FC(F)(F)COc1ccc(CNC2CCc3ccccc32)cn1. The lowest BCUT2D eigenvalue weighted by Gasteiger charge is -2.14. The van der Waals surface area contributed by atoms with Crippen LogP contribution in [0.4, 0.5) is 13.2 Å². The summed E-state index contributed by atoms with van der Waals surface area (Å²) in [6.07, 6.45) is -0.687. The second-order valence-electron chi connectivity index (χ2n) is 5.58. The van der Waals surface area contributed by atoms with Crippen LogP contribution in [0.5, 0.6) is 5.88 Å². The summed E-state index contributed by atoms with van der Waals surface area (Å²) in [5, 5.41) is 3.47. The second kappa shape index (κ2) is 6.58. The molecule has 3 nitrogen and oxygen atoms in total. The molecule has 1 aromatic heterocycles. The normalized spacial score (nSPS) is 17.1. The minimum absolute atomic E-state index is 0.0164. The first-order valence-electron chi connectivity index (χ1n) is 7.47. The summed E-state index contributed by atoms with van der Waals surface area (Å²) >= 11 is 0. The number of alkyl halides is 3. The summed E-state index contributed by atoms with van der Waals surface area (Å²) in [6.45, 7) is -0.706. The molecule has 2 aromatic rings. The summed E-state index contributed by atoms with van der Waals surface area (Å²) < 4.78 is 40.8. The molecular formula is C17H17F3N2O. The van der Waals surface area contributed by atoms with Crippen LogP contribution in [0.2, 0.25) is 0 Å². The topological polar surface area (TPSA) is 34.1 Å². The van der Waals surface area contributed by atoms with Crippen LogP contribution in [0.25, 0.3) is 0 Å². The van der Waals surface area contributed by atoms with E-state index in [0.29, 0.717) is 12.6 Å². The van der Waals surface area contributed by atoms with Crippen LogP contribution in [0.1, 0.15) is 29.2 Å². The molecule has 0 fully saturated rings. The van der Waals surface area contributed by atoms with Crippen molar-refractivity contribution in [1.82, 2.24) is 10.3 Å². The molecular weight excluding hydrogens is 305 g/mol. The zero-order valence-electron chi connectivity index (χ0n) is 12.4. The summed E-state index contributed by atoms with van der Waals surface area (Å²) in [5.41, 5.74) is 3.61. The van der Waals surface area contributed by atoms with Gasteiger partial charge in [-0.2, -0.15) is 13.2 Å². The lowest BCUT2D eigenvalue weighted by molar-refractivity contribution is -0.154. The molecule has 1 aliphatic rings. The molecule has 1 atom stereocenters. The highest BCUT2D eigenvalue weighted by molar-refractivity contribution is 5.34. The molecule has 1 N–H and O–H groups in total. The summed E-state index contributed by atoms with van der Waals surface area (Å²) in [7, 11) is 0. The van der Waals surface area contributed by atoms with Crippen LogP contribution >= 0.6 is 0 Å². The number of hydrogen-bond acceptors (Lipinski definition) is 3. The third-order valence-corrected chi connectivity index (χ3v) is 3.87. The molecule has 0 radical (unpaired) electrons. The third-order valence-electron chi connectivity index (χ3n) is 3.87. The number of halogens is 3. The maximum absolute atomic E-state index is 12.1. The highest BCUT2D eigenvalue weighted by atomic mass is 19.4. The van der Waals surface area contributed by atoms with Gasteiger partial charge < -0.3 is 10.1 Å². The number of pyridine rings is 1. The molecule has 0 amide bonds. The van der Waals surface area contributed by atoms with Crippen LogP contribution in [0.15, 0.2) is 42.6 Å². The van der Waals surface area contributed by atoms with E-state index in [9.17, 15) is 13.2 Å². The van der Waals surface area contributed by atoms with Gasteiger partial charge in [0.25, 0.3) is 0 Å². The fourth-order valence-electron chi connectivity index (χ4n) is 2.77. The van der Waals surface area contributed by atoms with Crippen molar-refractivity contribution in [3.8, 4) is 5.88 Å². The van der Waals surface area contributed by atoms with E-state index >= 15 is 0 Å². The predicted octanol–water partition coefficient (Wildman–Crippen LogP) is 3.80. The van der Waals surface area contributed by atoms with E-state index in [1.54, 1.807) is 12.3 Å². The molecule has 0 saturated carbocycles. The Labute approximate surface area is 132 Å². The molecule has 0 aliphatic heterocycles. The van der Waals surface area contributed by atoms with Gasteiger partial charge in [-0.25, -0.2) is 4.98 Å². The number of nitrogens with zero attached hydrogens (tertiary/aromatic N) is 1. The summed E-state index contributed by atoms with van der Waals surface area (Å²) in [4.78, 5) is 3.91. The molecule has 1 aliphatic carbocycles. The largest absolute Gasteiger partial charge is 0.468 e. The first kappa shape index (κ1) is 15.8. The Morgan fingerprint density at radius 1 is 1.17 bits per heavy atom. The van der Waals surface area contributed by atoms with Crippen molar-refractivity contribution in [3.05, 3.63) is 59.3 Å². The van der Waals surface area contributed by atoms with Gasteiger partial charge in [-0.3, -0.25) is 0 Å². The van der Waals surface area contributed by atoms with E-state index in [1.165, 1.54) is 17.2 Å². The van der Waals surface area contributed by atoms with Gasteiger partial charge in [0.1, 0.15) is 0 Å². The highest BCUT2D eigenvalue weighted by Gasteiger charge is 2.28. The molecule has 23 heavy (non-hydrogen) atoms. The predicted molar refractivity (Wildman–Crippen MR) is 80.1 cm³/mol. The minimum Gasteiger partial charge on any atom is -0.468 e. The van der Waals surface area contributed by atoms with Crippen molar-refractivity contribution in [2.24, 2.45) is 0 Å². The average molecular weight is 322 g/mol. The second-order valence-corrected chi connectivity index (χ2v) is 5.58. The standard InChI is InChI=1S/C17H17F3N2O/c18-17(19,20)11-23-16-8-5-12(10-22-16)9-21-15-7-6-13-3-1-2-4-14(13)15/h1-5,8,10,15,21H,6-7,9,11H2. The molecule has 1 heterocycles. The maximum Gasteiger partial charge on any atom is 0.422 e. The Bertz CT molecular complexity index is 656. The number of fused-ring (bicyclic) bond motifs is 1. The third kappa shape index (κ3) is 4.22. The van der Waals surface area contributed by atoms with Crippen molar-refractivity contribution in [2.45, 2.75) is 31.6 Å². The number of rotatable bonds is 5. The Morgan fingerprint density at radius 3 is 2.74 bits per heavy atom. The lowest BCUT2D eigenvalue weighted by atomic mass is 10.1. The van der Waals surface area contributed by atoms with Gasteiger partial charge in [-0.1, -0.05) is 30.3 Å². The van der Waals surface area contributed by atoms with Gasteiger partial charge in [0.05, 0.1) is 0 Å². The van der Waals surface area contributed by atoms with Crippen molar-refractivity contribution < 1.29 is 17.9 Å². The molecule has 0 saturated heterocycles. The fourth-order valence-corrected chi connectivity index (χ4v) is 2.77. The zero-order valence-corrected chi connectivity index (χ0v) is 12.4. The van der Waals surface area contributed by atoms with Gasteiger partial charge in [-0.05, 0) is 29.5 Å². The zero-order chi connectivity index (χ0) is 16.3. The van der Waals surface area contributed by atoms with E-state index in [0.717, 1.165) is 18.4 Å². The number of ether oxygens (including phenoxy) is 1. The van der Waals surface area contributed by atoms with Crippen molar-refractivity contribution in [2.75, 3.05) is 6.61 Å². The highest BCUT2D eigenvalue weighted by Crippen LogP contribution is 2.30. The molecule has 1 aromatic carbocycles. The van der Waals surface area contributed by atoms with Crippen LogP contribution in [-0.2, 0) is 13.0 Å². The van der Waals surface area contributed by atoms with E-state index in [4.69, 9.17) is 0 Å². The lowest BCUT2D eigenvalue weighted by Crippen LogP contribution is -2.20. The van der Waals surface area contributed by atoms with Gasteiger partial charge in [-0.15, -0.1) is 0 Å². The van der Waals surface area contributed by atoms with Gasteiger partial charge in [0, 0.05) is 24.8 Å². The Balaban J connectivity index is 1.53. The first-order valence-corrected chi connectivity index (χ1v) is 7.47. The monoisotopic (exact) mass is 322 g/mol. The molecule has 0 bridgehead atoms. The van der Waals surface area contributed by atoms with Crippen LogP contribution in [0.3, 0.4) is 0 Å². The van der Waals surface area contributed by atoms with Crippen molar-refractivity contribution >= 4 is 0 Å². The molecule has 0 spiro atoms. The van der Waals surface area contributed by atoms with Crippen LogP contribution in [0, 0.1) is 0 Å². The number of benzene rings is 1. The van der Waals surface area contributed by atoms with E-state index in [2.05, 4.69) is 27.2 Å². The van der Waals surface area contributed by atoms with E-state index < -0.39 is 12.8 Å². The van der Waals surface area contributed by atoms with Gasteiger partial charge >= 0.3 is 6.18 Å². The summed E-state index contributed by atoms with van der Waals surface area (Å²) in [6, 6.07) is 11.9. The maximum atomic E-state index is 12.1. The van der Waals surface area contributed by atoms with Gasteiger partial charge in [0.15, 0.2) is 6.61 Å². The Morgan fingerprint density at radius 2 is 2.00 bits per heavy atom. The quantitative estimate of drug-likeness (QED) is 0.909. The first-order chi connectivity index (χ1) is 11.0. The molecule has 6 heteroatoms. The van der Waals surface area contributed by atoms with Gasteiger partial charge in [0.2, 0.25) is 5.88 Å². The smallest absolute Gasteiger partial charge is 0.422 e. The van der Waals surface area contributed by atoms with E-state index in [-0.39, 0.29) is 5.88 Å². The summed E-state index contributed by atoms with van der Waals surface area (Å²) in [5.74, 6) is -0.0164. The van der Waals surface area contributed by atoms with E-state index in [1.807, 2.05) is 12.1 Å².